The first-order valence-corrected chi connectivity index (χ1v) is 8.92. The number of carbonyl (C=O) groups is 2. The topological polar surface area (TPSA) is 79.3 Å². The monoisotopic (exact) mass is 330 g/mol. The van der Waals surface area contributed by atoms with Gasteiger partial charge in [-0.25, -0.2) is 9.78 Å². The molecule has 0 spiro atoms. The summed E-state index contributed by atoms with van der Waals surface area (Å²) in [6.45, 7) is 5.84. The molecule has 1 aromatic rings. The second kappa shape index (κ2) is 9.04. The average molecular weight is 330 g/mol. The number of carboxylic acid groups (broad SMARTS) is 1. The first-order chi connectivity index (χ1) is 9.88. The van der Waals surface area contributed by atoms with Crippen molar-refractivity contribution in [1.29, 1.82) is 0 Å². The van der Waals surface area contributed by atoms with Gasteiger partial charge in [-0.05, 0) is 19.3 Å². The first kappa shape index (κ1) is 18.0. The maximum absolute atomic E-state index is 11.8. The average Bonchev–Trinajstić information content (AvgIpc) is 2.79. The number of aromatic nitrogens is 1. The Bertz CT molecular complexity index is 475. The summed E-state index contributed by atoms with van der Waals surface area (Å²) < 4.78 is 0. The molecule has 0 saturated heterocycles. The van der Waals surface area contributed by atoms with Crippen LogP contribution in [0.15, 0.2) is 5.38 Å². The Balaban J connectivity index is 2.24. The van der Waals surface area contributed by atoms with E-state index < -0.39 is 12.0 Å². The van der Waals surface area contributed by atoms with E-state index in [9.17, 15) is 9.59 Å². The minimum Gasteiger partial charge on any atom is -0.480 e. The molecule has 2 N–H and O–H groups in total. The van der Waals surface area contributed by atoms with Crippen molar-refractivity contribution in [3.05, 3.63) is 16.1 Å². The zero-order valence-corrected chi connectivity index (χ0v) is 14.2. The van der Waals surface area contributed by atoms with Crippen LogP contribution in [-0.2, 0) is 15.3 Å². The van der Waals surface area contributed by atoms with Crippen molar-refractivity contribution in [2.24, 2.45) is 5.92 Å². The molecule has 0 bridgehead atoms. The quantitative estimate of drug-likeness (QED) is 0.681. The van der Waals surface area contributed by atoms with Crippen LogP contribution in [0.1, 0.15) is 37.4 Å². The molecule has 0 aromatic carbocycles. The highest BCUT2D eigenvalue weighted by Gasteiger charge is 2.20. The van der Waals surface area contributed by atoms with Crippen LogP contribution in [0.2, 0.25) is 0 Å². The van der Waals surface area contributed by atoms with Crippen LogP contribution in [0.4, 0.5) is 0 Å². The van der Waals surface area contributed by atoms with Gasteiger partial charge >= 0.3 is 5.97 Å². The van der Waals surface area contributed by atoms with E-state index in [4.69, 9.17) is 5.11 Å². The van der Waals surface area contributed by atoms with Gasteiger partial charge in [0.2, 0.25) is 5.91 Å². The van der Waals surface area contributed by atoms with Gasteiger partial charge in [0.25, 0.3) is 0 Å². The number of aryl methyl sites for hydroxylation is 1. The van der Waals surface area contributed by atoms with E-state index in [2.05, 4.69) is 10.3 Å². The molecular weight excluding hydrogens is 308 g/mol. The number of nitrogens with one attached hydrogen (secondary N) is 1. The zero-order valence-electron chi connectivity index (χ0n) is 12.6. The van der Waals surface area contributed by atoms with Gasteiger partial charge in [-0.1, -0.05) is 13.8 Å². The molecule has 5 nitrogen and oxygen atoms in total. The van der Waals surface area contributed by atoms with Crippen LogP contribution >= 0.6 is 23.1 Å². The summed E-state index contributed by atoms with van der Waals surface area (Å²) in [4.78, 5) is 27.2. The van der Waals surface area contributed by atoms with Crippen LogP contribution in [-0.4, -0.2) is 33.8 Å². The van der Waals surface area contributed by atoms with Gasteiger partial charge in [-0.15, -0.1) is 11.3 Å². The smallest absolute Gasteiger partial charge is 0.326 e. The highest BCUT2D eigenvalue weighted by molar-refractivity contribution is 7.98. The number of nitrogens with zero attached hydrogens (tertiary/aromatic N) is 1. The fourth-order valence-corrected chi connectivity index (χ4v) is 3.32. The minimum atomic E-state index is -0.970. The molecule has 1 amide bonds. The van der Waals surface area contributed by atoms with Gasteiger partial charge < -0.3 is 10.4 Å². The fraction of sp³-hybridized carbons (Fsp3) is 0.643. The summed E-state index contributed by atoms with van der Waals surface area (Å²) in [7, 11) is 0. The number of rotatable bonds is 9. The van der Waals surface area contributed by atoms with E-state index >= 15 is 0 Å². The minimum absolute atomic E-state index is 0.204. The van der Waals surface area contributed by atoms with Crippen LogP contribution < -0.4 is 5.32 Å². The van der Waals surface area contributed by atoms with E-state index in [1.54, 1.807) is 23.1 Å². The lowest BCUT2D eigenvalue weighted by molar-refractivity contribution is -0.142. The van der Waals surface area contributed by atoms with Gasteiger partial charge in [-0.3, -0.25) is 4.79 Å². The van der Waals surface area contributed by atoms with Crippen LogP contribution in [0, 0.1) is 12.8 Å². The van der Waals surface area contributed by atoms with Crippen molar-refractivity contribution < 1.29 is 14.7 Å². The Morgan fingerprint density at radius 1 is 1.48 bits per heavy atom. The van der Waals surface area contributed by atoms with Crippen LogP contribution in [0.3, 0.4) is 0 Å². The lowest BCUT2D eigenvalue weighted by Gasteiger charge is -2.16. The predicted octanol–water partition coefficient (Wildman–Crippen LogP) is 2.69. The van der Waals surface area contributed by atoms with E-state index in [-0.39, 0.29) is 11.8 Å². The van der Waals surface area contributed by atoms with Gasteiger partial charge in [0.1, 0.15) is 6.04 Å². The SMILES string of the molecule is Cc1nc(CSCCC(=O)N[C@H](CC(C)C)C(=O)O)cs1. The maximum Gasteiger partial charge on any atom is 0.326 e. The second-order valence-corrected chi connectivity index (χ2v) is 7.42. The molecule has 21 heavy (non-hydrogen) atoms. The summed E-state index contributed by atoms with van der Waals surface area (Å²) in [5.41, 5.74) is 1.03. The van der Waals surface area contributed by atoms with Crippen LogP contribution in [0.25, 0.3) is 0 Å². The molecule has 0 aliphatic carbocycles. The molecule has 0 unspecified atom stereocenters. The third kappa shape index (κ3) is 7.47. The summed E-state index contributed by atoms with van der Waals surface area (Å²) in [6, 6.07) is -0.788. The predicted molar refractivity (Wildman–Crippen MR) is 86.7 cm³/mol. The number of hydrogen-bond acceptors (Lipinski definition) is 5. The Kier molecular flexibility index (Phi) is 7.74. The zero-order chi connectivity index (χ0) is 15.8. The summed E-state index contributed by atoms with van der Waals surface area (Å²) in [6.07, 6.45) is 0.780. The number of aliphatic carboxylic acids is 1. The van der Waals surface area contributed by atoms with Crippen molar-refractivity contribution >= 4 is 35.0 Å². The number of thiazole rings is 1. The largest absolute Gasteiger partial charge is 0.480 e. The van der Waals surface area contributed by atoms with E-state index in [1.165, 1.54) is 0 Å². The fourth-order valence-electron chi connectivity index (χ4n) is 1.78. The lowest BCUT2D eigenvalue weighted by Crippen LogP contribution is -2.41. The Morgan fingerprint density at radius 2 is 2.19 bits per heavy atom. The van der Waals surface area contributed by atoms with E-state index in [0.29, 0.717) is 18.6 Å². The van der Waals surface area contributed by atoms with Crippen molar-refractivity contribution in [1.82, 2.24) is 10.3 Å². The van der Waals surface area contributed by atoms with E-state index in [0.717, 1.165) is 16.5 Å². The number of thioether (sulfide) groups is 1. The van der Waals surface area contributed by atoms with Crippen molar-refractivity contribution in [2.45, 2.75) is 45.4 Å². The molecular formula is C14H22N2O3S2. The number of hydrogen-bond donors (Lipinski definition) is 2. The molecule has 1 heterocycles. The Labute approximate surface area is 133 Å². The molecule has 7 heteroatoms. The number of amides is 1. The summed E-state index contributed by atoms with van der Waals surface area (Å²) >= 11 is 3.25. The van der Waals surface area contributed by atoms with Gasteiger partial charge in [0, 0.05) is 23.3 Å². The van der Waals surface area contributed by atoms with Crippen LogP contribution in [0.5, 0.6) is 0 Å². The standard InChI is InChI=1S/C14H22N2O3S2/c1-9(2)6-12(14(18)19)16-13(17)4-5-20-7-11-8-21-10(3)15-11/h8-9,12H,4-7H2,1-3H3,(H,16,17)(H,18,19)/t12-/m1/s1. The van der Waals surface area contributed by atoms with Crippen molar-refractivity contribution in [3.8, 4) is 0 Å². The lowest BCUT2D eigenvalue weighted by atomic mass is 10.0. The molecule has 118 valence electrons. The molecule has 0 radical (unpaired) electrons. The third-order valence-electron chi connectivity index (χ3n) is 2.73. The van der Waals surface area contributed by atoms with Gasteiger partial charge in [0.05, 0.1) is 10.7 Å². The van der Waals surface area contributed by atoms with Gasteiger partial charge in [0.15, 0.2) is 0 Å². The molecule has 0 aliphatic heterocycles. The molecule has 1 atom stereocenters. The maximum atomic E-state index is 11.8. The Hall–Kier alpha value is -1.08. The second-order valence-electron chi connectivity index (χ2n) is 5.25. The molecule has 1 aromatic heterocycles. The third-order valence-corrected chi connectivity index (χ3v) is 4.55. The molecule has 0 fully saturated rings. The molecule has 0 aliphatic rings. The summed E-state index contributed by atoms with van der Waals surface area (Å²) in [5, 5.41) is 14.7. The normalized spacial score (nSPS) is 12.4. The highest BCUT2D eigenvalue weighted by Crippen LogP contribution is 2.15. The summed E-state index contributed by atoms with van der Waals surface area (Å²) in [5.74, 6) is 0.504. The number of carbonyl (C=O) groups excluding carboxylic acids is 1. The number of carboxylic acids is 1. The highest BCUT2D eigenvalue weighted by atomic mass is 32.2. The van der Waals surface area contributed by atoms with E-state index in [1.807, 2.05) is 26.2 Å². The Morgan fingerprint density at radius 3 is 2.71 bits per heavy atom. The van der Waals surface area contributed by atoms with Gasteiger partial charge in [-0.2, -0.15) is 11.8 Å². The van der Waals surface area contributed by atoms with Crippen molar-refractivity contribution in [2.75, 3.05) is 5.75 Å². The van der Waals surface area contributed by atoms with Crippen molar-refractivity contribution in [3.63, 3.8) is 0 Å². The first-order valence-electron chi connectivity index (χ1n) is 6.89. The molecule has 0 saturated carbocycles. The molecule has 1 rings (SSSR count).